The maximum absolute atomic E-state index is 13.2. The smallest absolute Gasteiger partial charge is 0.258 e. The number of thiocarbonyl (C=S) groups is 1. The lowest BCUT2D eigenvalue weighted by molar-refractivity contribution is -0.123. The number of hydrogen-bond donors (Lipinski definition) is 0. The summed E-state index contributed by atoms with van der Waals surface area (Å²) < 4.78 is 5.90. The molecule has 32 heavy (non-hydrogen) atoms. The minimum Gasteiger partial charge on any atom is -0.494 e. The minimum absolute atomic E-state index is 0.0760. The first-order valence-corrected chi connectivity index (χ1v) is 10.7. The van der Waals surface area contributed by atoms with E-state index < -0.39 is 5.54 Å². The molecule has 162 valence electrons. The quantitative estimate of drug-likeness (QED) is 0.312. The van der Waals surface area contributed by atoms with E-state index in [1.807, 2.05) is 49.9 Å². The van der Waals surface area contributed by atoms with Crippen LogP contribution in [0.2, 0.25) is 0 Å². The molecule has 4 rings (SSSR count). The number of aromatic nitrogens is 2. The Balaban J connectivity index is 1.42. The van der Waals surface area contributed by atoms with Crippen molar-refractivity contribution in [2.75, 3.05) is 18.1 Å². The van der Waals surface area contributed by atoms with Crippen molar-refractivity contribution < 1.29 is 9.53 Å². The van der Waals surface area contributed by atoms with E-state index >= 15 is 0 Å². The number of amides is 1. The highest BCUT2D eigenvalue weighted by molar-refractivity contribution is 7.80. The molecule has 0 bridgehead atoms. The molecule has 0 spiro atoms. The molecule has 1 amide bonds. The first kappa shape index (κ1) is 21.7. The molecule has 3 aromatic rings. The van der Waals surface area contributed by atoms with E-state index in [1.165, 1.54) is 6.33 Å². The molecule has 0 N–H and O–H groups in total. The van der Waals surface area contributed by atoms with E-state index in [0.29, 0.717) is 36.1 Å². The van der Waals surface area contributed by atoms with Crippen LogP contribution >= 0.6 is 12.2 Å². The molecule has 0 radical (unpaired) electrons. The summed E-state index contributed by atoms with van der Waals surface area (Å²) >= 11 is 5.69. The summed E-state index contributed by atoms with van der Waals surface area (Å²) in [5, 5.41) is 1.39. The maximum atomic E-state index is 13.2. The van der Waals surface area contributed by atoms with Crippen LogP contribution in [0.3, 0.4) is 0 Å². The lowest BCUT2D eigenvalue weighted by atomic mass is 10.0. The number of aryl methyl sites for hydroxylation is 1. The Hall–Kier alpha value is -3.57. The molecule has 2 heterocycles. The van der Waals surface area contributed by atoms with E-state index in [4.69, 9.17) is 23.5 Å². The zero-order valence-electron chi connectivity index (χ0n) is 18.2. The van der Waals surface area contributed by atoms with E-state index in [0.717, 1.165) is 22.2 Å². The number of fused-ring (bicyclic) bond motifs is 1. The first-order chi connectivity index (χ1) is 15.3. The largest absolute Gasteiger partial charge is 0.494 e. The topological polar surface area (TPSA) is 62.9 Å². The predicted octanol–water partition coefficient (Wildman–Crippen LogP) is 4.67. The predicted molar refractivity (Wildman–Crippen MR) is 128 cm³/mol. The molecule has 0 atom stereocenters. The van der Waals surface area contributed by atoms with Crippen LogP contribution in [0.4, 0.5) is 11.4 Å². The Morgan fingerprint density at radius 2 is 2.03 bits per heavy atom. The van der Waals surface area contributed by atoms with Gasteiger partial charge in [-0.15, -0.1) is 0 Å². The summed E-state index contributed by atoms with van der Waals surface area (Å²) in [6.45, 7) is 13.9. The van der Waals surface area contributed by atoms with Gasteiger partial charge in [-0.2, -0.15) is 0 Å². The van der Waals surface area contributed by atoms with E-state index in [1.54, 1.807) is 23.2 Å². The fraction of sp³-hybridized carbons (Fsp3) is 0.292. The third kappa shape index (κ3) is 3.87. The summed E-state index contributed by atoms with van der Waals surface area (Å²) in [5.41, 5.74) is 2.19. The zero-order chi connectivity index (χ0) is 22.9. The van der Waals surface area contributed by atoms with Crippen molar-refractivity contribution >= 4 is 45.5 Å². The molecule has 0 unspecified atom stereocenters. The number of benzene rings is 2. The van der Waals surface area contributed by atoms with Gasteiger partial charge in [0.05, 0.1) is 18.7 Å². The monoisotopic (exact) mass is 445 g/mol. The van der Waals surface area contributed by atoms with Gasteiger partial charge in [-0.1, -0.05) is 6.07 Å². The van der Waals surface area contributed by atoms with Crippen LogP contribution in [0.15, 0.2) is 48.9 Å². The van der Waals surface area contributed by atoms with Crippen molar-refractivity contribution in [2.24, 2.45) is 0 Å². The molecule has 2 aromatic carbocycles. The third-order valence-electron chi connectivity index (χ3n) is 5.65. The molecule has 8 heteroatoms. The van der Waals surface area contributed by atoms with Crippen LogP contribution in [-0.2, 0) is 4.79 Å². The normalized spacial score (nSPS) is 15.3. The molecular weight excluding hydrogens is 422 g/mol. The van der Waals surface area contributed by atoms with Gasteiger partial charge in [-0.3, -0.25) is 9.69 Å². The molecule has 1 saturated heterocycles. The second-order valence-electron chi connectivity index (χ2n) is 8.16. The Kier molecular flexibility index (Phi) is 5.76. The zero-order valence-corrected chi connectivity index (χ0v) is 19.0. The molecule has 1 aromatic heterocycles. The summed E-state index contributed by atoms with van der Waals surface area (Å²) in [5.74, 6) is 0.677. The summed E-state index contributed by atoms with van der Waals surface area (Å²) in [6.07, 6.45) is 3.98. The van der Waals surface area contributed by atoms with Gasteiger partial charge in [0.1, 0.15) is 17.6 Å². The van der Waals surface area contributed by atoms with Gasteiger partial charge in [-0.25, -0.2) is 14.8 Å². The van der Waals surface area contributed by atoms with Gasteiger partial charge in [0, 0.05) is 23.8 Å². The standard InChI is InChI=1S/C24H23N5O2S/c1-16-12-18(6-8-20(16)25-4)29-22(30)24(2,3)28(23(29)32)10-5-11-31-19-7-9-21-17(13-19)14-26-15-27-21/h6-9,12-15H,5,10-11H2,1-3H3. The van der Waals surface area contributed by atoms with E-state index in [9.17, 15) is 4.79 Å². The Bertz CT molecular complexity index is 1250. The number of anilines is 1. The number of carbonyl (C=O) groups excluding carboxylic acids is 1. The second-order valence-corrected chi connectivity index (χ2v) is 8.53. The van der Waals surface area contributed by atoms with Crippen LogP contribution in [-0.4, -0.2) is 44.6 Å². The molecule has 0 saturated carbocycles. The van der Waals surface area contributed by atoms with Gasteiger partial charge in [-0.05, 0) is 75.3 Å². The molecule has 1 fully saturated rings. The SMILES string of the molecule is [C-]#[N+]c1ccc(N2C(=O)C(C)(C)N(CCCOc3ccc4ncncc4c3)C2=S)cc1C. The van der Waals surface area contributed by atoms with Crippen LogP contribution in [0.1, 0.15) is 25.8 Å². The molecule has 1 aliphatic rings. The Morgan fingerprint density at radius 1 is 1.22 bits per heavy atom. The maximum Gasteiger partial charge on any atom is 0.258 e. The minimum atomic E-state index is -0.760. The van der Waals surface area contributed by atoms with Gasteiger partial charge < -0.3 is 9.64 Å². The summed E-state index contributed by atoms with van der Waals surface area (Å²) in [6, 6.07) is 11.1. The van der Waals surface area contributed by atoms with Crippen LogP contribution in [0, 0.1) is 13.5 Å². The highest BCUT2D eigenvalue weighted by Crippen LogP contribution is 2.34. The van der Waals surface area contributed by atoms with E-state index in [-0.39, 0.29) is 5.91 Å². The summed E-state index contributed by atoms with van der Waals surface area (Å²) in [4.78, 5) is 28.4. The lowest BCUT2D eigenvalue weighted by Gasteiger charge is -2.29. The number of ether oxygens (including phenoxy) is 1. The van der Waals surface area contributed by atoms with Gasteiger partial charge >= 0.3 is 0 Å². The fourth-order valence-corrected chi connectivity index (χ4v) is 4.32. The van der Waals surface area contributed by atoms with Crippen molar-refractivity contribution in [2.45, 2.75) is 32.7 Å². The van der Waals surface area contributed by atoms with Crippen LogP contribution < -0.4 is 9.64 Å². The Labute approximate surface area is 192 Å². The number of hydrogen-bond acceptors (Lipinski definition) is 5. The number of nitrogens with zero attached hydrogens (tertiary/aromatic N) is 5. The number of rotatable bonds is 6. The highest BCUT2D eigenvalue weighted by Gasteiger charge is 2.49. The van der Waals surface area contributed by atoms with E-state index in [2.05, 4.69) is 14.8 Å². The van der Waals surface area contributed by atoms with Crippen LogP contribution in [0.5, 0.6) is 5.75 Å². The van der Waals surface area contributed by atoms with Gasteiger partial charge in [0.25, 0.3) is 5.91 Å². The summed E-state index contributed by atoms with van der Waals surface area (Å²) in [7, 11) is 0. The van der Waals surface area contributed by atoms with Crippen LogP contribution in [0.25, 0.3) is 15.7 Å². The molecular formula is C24H23N5O2S. The van der Waals surface area contributed by atoms with Gasteiger partial charge in [0.15, 0.2) is 10.8 Å². The third-order valence-corrected chi connectivity index (χ3v) is 6.06. The second kappa shape index (κ2) is 8.52. The lowest BCUT2D eigenvalue weighted by Crippen LogP contribution is -2.44. The van der Waals surface area contributed by atoms with Gasteiger partial charge in [0.2, 0.25) is 0 Å². The van der Waals surface area contributed by atoms with Crippen molar-refractivity contribution in [3.8, 4) is 5.75 Å². The fourth-order valence-electron chi connectivity index (χ4n) is 3.81. The van der Waals surface area contributed by atoms with Crippen molar-refractivity contribution in [1.29, 1.82) is 0 Å². The molecule has 1 aliphatic heterocycles. The molecule has 0 aliphatic carbocycles. The Morgan fingerprint density at radius 3 is 2.78 bits per heavy atom. The average molecular weight is 446 g/mol. The van der Waals surface area contributed by atoms with Crippen molar-refractivity contribution in [3.63, 3.8) is 0 Å². The van der Waals surface area contributed by atoms with Crippen molar-refractivity contribution in [1.82, 2.24) is 14.9 Å². The van der Waals surface area contributed by atoms with Crippen molar-refractivity contribution in [3.05, 3.63) is 65.9 Å². The average Bonchev–Trinajstić information content (AvgIpc) is 2.95. The first-order valence-electron chi connectivity index (χ1n) is 10.3. The molecule has 7 nitrogen and oxygen atoms in total. The number of carbonyl (C=O) groups is 1. The highest BCUT2D eigenvalue weighted by atomic mass is 32.1.